The van der Waals surface area contributed by atoms with Crippen LogP contribution < -0.4 is 10.5 Å². The molecular weight excluding hydrogens is 478 g/mol. The molecule has 1 saturated heterocycles. The molecule has 0 radical (unpaired) electrons. The number of tetrazole rings is 1. The monoisotopic (exact) mass is 513 g/mol. The zero-order valence-corrected chi connectivity index (χ0v) is 21.9. The van der Waals surface area contributed by atoms with E-state index >= 15 is 0 Å². The minimum Gasteiger partial charge on any atom is -0.508 e. The zero-order chi connectivity index (χ0) is 26.1. The molecule has 1 aliphatic heterocycles. The summed E-state index contributed by atoms with van der Waals surface area (Å²) in [5, 5.41) is 23.8. The molecule has 2 N–H and O–H groups in total. The summed E-state index contributed by atoms with van der Waals surface area (Å²) in [6, 6.07) is 15.6. The van der Waals surface area contributed by atoms with Crippen LogP contribution >= 0.6 is 0 Å². The number of aryl methyl sites for hydroxylation is 1. The molecule has 3 heterocycles. The van der Waals surface area contributed by atoms with Gasteiger partial charge in [0.1, 0.15) is 11.8 Å². The number of piperazine rings is 1. The molecule has 1 atom stereocenters. The number of pyridine rings is 1. The number of hydrogen-bond donors (Lipinski definition) is 2. The fourth-order valence-electron chi connectivity index (χ4n) is 6.06. The molecule has 1 saturated carbocycles. The van der Waals surface area contributed by atoms with Crippen molar-refractivity contribution in [1.29, 1.82) is 0 Å². The molecular formula is C29H35N7O2. The highest BCUT2D eigenvalue weighted by Gasteiger charge is 2.34. The smallest absolute Gasteiger partial charge is 0.253 e. The number of phenolic OH excluding ortho intramolecular Hbond substituents is 1. The number of aromatic amines is 1. The predicted molar refractivity (Wildman–Crippen MR) is 148 cm³/mol. The van der Waals surface area contributed by atoms with E-state index in [4.69, 9.17) is 0 Å². The molecule has 2 aliphatic rings. The topological polar surface area (TPSA) is 103 Å². The first-order chi connectivity index (χ1) is 18.6. The molecule has 0 bridgehead atoms. The van der Waals surface area contributed by atoms with Gasteiger partial charge in [0.15, 0.2) is 5.82 Å². The van der Waals surface area contributed by atoms with Crippen LogP contribution in [0.3, 0.4) is 0 Å². The normalized spacial score (nSPS) is 18.2. The summed E-state index contributed by atoms with van der Waals surface area (Å²) < 4.78 is 2.00. The number of nitrogens with one attached hydrogen (secondary N) is 1. The number of benzene rings is 2. The summed E-state index contributed by atoms with van der Waals surface area (Å²) in [5.74, 6) is 1.02. The van der Waals surface area contributed by atoms with Gasteiger partial charge in [0.2, 0.25) is 0 Å². The predicted octanol–water partition coefficient (Wildman–Crippen LogP) is 4.20. The Morgan fingerprint density at radius 1 is 1.00 bits per heavy atom. The number of nitrogens with zero attached hydrogens (tertiary/aromatic N) is 6. The van der Waals surface area contributed by atoms with E-state index in [2.05, 4.69) is 49.4 Å². The average molecular weight is 514 g/mol. The fourth-order valence-corrected chi connectivity index (χ4v) is 6.06. The molecule has 4 aromatic rings. The zero-order valence-electron chi connectivity index (χ0n) is 21.9. The van der Waals surface area contributed by atoms with E-state index in [1.165, 1.54) is 24.8 Å². The van der Waals surface area contributed by atoms with Crippen LogP contribution in [0.4, 0.5) is 5.69 Å². The third-order valence-electron chi connectivity index (χ3n) is 8.22. The van der Waals surface area contributed by atoms with Gasteiger partial charge in [0, 0.05) is 42.9 Å². The Balaban J connectivity index is 1.38. The van der Waals surface area contributed by atoms with E-state index in [1.54, 1.807) is 12.1 Å². The molecule has 198 valence electrons. The van der Waals surface area contributed by atoms with Gasteiger partial charge in [-0.1, -0.05) is 32.3 Å². The van der Waals surface area contributed by atoms with Crippen molar-refractivity contribution in [2.75, 3.05) is 31.1 Å². The van der Waals surface area contributed by atoms with E-state index < -0.39 is 0 Å². The molecule has 9 nitrogen and oxygen atoms in total. The van der Waals surface area contributed by atoms with Crippen LogP contribution in [0.25, 0.3) is 10.9 Å². The van der Waals surface area contributed by atoms with E-state index in [-0.39, 0.29) is 23.4 Å². The maximum atomic E-state index is 13.6. The summed E-state index contributed by atoms with van der Waals surface area (Å²) in [6.45, 7) is 5.27. The summed E-state index contributed by atoms with van der Waals surface area (Å²) in [4.78, 5) is 21.4. The van der Waals surface area contributed by atoms with Crippen LogP contribution in [0.2, 0.25) is 0 Å². The van der Waals surface area contributed by atoms with Crippen LogP contribution in [-0.4, -0.2) is 61.4 Å². The van der Waals surface area contributed by atoms with E-state index in [9.17, 15) is 9.90 Å². The lowest BCUT2D eigenvalue weighted by atomic mass is 9.95. The molecule has 1 unspecified atom stereocenters. The molecule has 38 heavy (non-hydrogen) atoms. The van der Waals surface area contributed by atoms with Gasteiger partial charge in [-0.15, -0.1) is 5.10 Å². The van der Waals surface area contributed by atoms with Gasteiger partial charge in [-0.2, -0.15) is 0 Å². The second-order valence-electron chi connectivity index (χ2n) is 10.5. The number of fused-ring (bicyclic) bond motifs is 1. The number of rotatable bonds is 6. The van der Waals surface area contributed by atoms with E-state index in [0.29, 0.717) is 5.56 Å². The average Bonchev–Trinajstić information content (AvgIpc) is 3.44. The van der Waals surface area contributed by atoms with E-state index in [1.807, 2.05) is 28.9 Å². The van der Waals surface area contributed by atoms with Crippen molar-refractivity contribution >= 4 is 16.6 Å². The van der Waals surface area contributed by atoms with Crippen molar-refractivity contribution in [1.82, 2.24) is 30.1 Å². The first-order valence-electron chi connectivity index (χ1n) is 13.8. The van der Waals surface area contributed by atoms with Crippen molar-refractivity contribution in [3.8, 4) is 5.75 Å². The maximum absolute atomic E-state index is 13.6. The first-order valence-corrected chi connectivity index (χ1v) is 13.8. The molecule has 2 aromatic heterocycles. The lowest BCUT2D eigenvalue weighted by Crippen LogP contribution is -2.49. The number of phenols is 1. The Kier molecular flexibility index (Phi) is 6.84. The van der Waals surface area contributed by atoms with Crippen LogP contribution in [0.15, 0.2) is 53.3 Å². The van der Waals surface area contributed by atoms with E-state index in [0.717, 1.165) is 67.9 Å². The van der Waals surface area contributed by atoms with Gasteiger partial charge in [-0.05, 0) is 83.1 Å². The number of anilines is 1. The lowest BCUT2D eigenvalue weighted by Gasteiger charge is -2.40. The minimum absolute atomic E-state index is 0.0918. The van der Waals surface area contributed by atoms with Gasteiger partial charge in [-0.3, -0.25) is 9.69 Å². The molecule has 9 heteroatoms. The molecule has 1 aliphatic carbocycles. The van der Waals surface area contributed by atoms with Crippen molar-refractivity contribution in [2.45, 2.75) is 57.5 Å². The summed E-state index contributed by atoms with van der Waals surface area (Å²) in [6.07, 6.45) is 6.67. The minimum atomic E-state index is -0.340. The van der Waals surface area contributed by atoms with Crippen LogP contribution in [0.1, 0.15) is 68.1 Å². The van der Waals surface area contributed by atoms with Crippen molar-refractivity contribution < 1.29 is 5.11 Å². The molecule has 0 spiro atoms. The maximum Gasteiger partial charge on any atom is 0.253 e. The Morgan fingerprint density at radius 3 is 2.50 bits per heavy atom. The largest absolute Gasteiger partial charge is 0.508 e. The molecule has 6 rings (SSSR count). The highest BCUT2D eigenvalue weighted by Crippen LogP contribution is 2.34. The lowest BCUT2D eigenvalue weighted by molar-refractivity contribution is 0.192. The Morgan fingerprint density at radius 2 is 1.76 bits per heavy atom. The summed E-state index contributed by atoms with van der Waals surface area (Å²) in [7, 11) is 0. The number of aromatic nitrogens is 5. The van der Waals surface area contributed by atoms with Gasteiger partial charge < -0.3 is 15.0 Å². The Labute approximate surface area is 222 Å². The number of aromatic hydroxyl groups is 1. The summed E-state index contributed by atoms with van der Waals surface area (Å²) >= 11 is 0. The fraction of sp³-hybridized carbons (Fsp3) is 0.448. The van der Waals surface area contributed by atoms with Gasteiger partial charge >= 0.3 is 0 Å². The van der Waals surface area contributed by atoms with Crippen LogP contribution in [-0.2, 0) is 6.42 Å². The number of hydrogen-bond acceptors (Lipinski definition) is 7. The highest BCUT2D eigenvalue weighted by atomic mass is 16.3. The van der Waals surface area contributed by atoms with Crippen molar-refractivity contribution in [3.63, 3.8) is 0 Å². The second-order valence-corrected chi connectivity index (χ2v) is 10.5. The second kappa shape index (κ2) is 10.6. The third-order valence-corrected chi connectivity index (χ3v) is 8.22. The van der Waals surface area contributed by atoms with Crippen LogP contribution in [0, 0.1) is 0 Å². The summed E-state index contributed by atoms with van der Waals surface area (Å²) in [5.41, 5.74) is 3.77. The SMILES string of the molecule is CCc1ccc2[nH]c(=O)c(C(c3nnnn3C3CCCCC3)N3CCN(c4ccc(O)cc4)CC3)cc2c1. The van der Waals surface area contributed by atoms with Gasteiger partial charge in [-0.25, -0.2) is 4.68 Å². The quantitative estimate of drug-likeness (QED) is 0.398. The van der Waals surface area contributed by atoms with Gasteiger partial charge in [0.05, 0.1) is 6.04 Å². The molecule has 2 fully saturated rings. The number of H-pyrrole nitrogens is 1. The Bertz CT molecular complexity index is 1450. The van der Waals surface area contributed by atoms with Crippen LogP contribution in [0.5, 0.6) is 5.75 Å². The first kappa shape index (κ1) is 24.6. The third kappa shape index (κ3) is 4.78. The van der Waals surface area contributed by atoms with Gasteiger partial charge in [0.25, 0.3) is 5.56 Å². The highest BCUT2D eigenvalue weighted by molar-refractivity contribution is 5.80. The standard InChI is InChI=1S/C29H35N7O2/c1-2-20-8-13-26-21(18-20)19-25(29(38)30-26)27(28-31-32-33-36(28)23-6-4-3-5-7-23)35-16-14-34(15-17-35)22-9-11-24(37)12-10-22/h8-13,18-19,23,27,37H,2-7,14-17H2,1H3,(H,30,38). The van der Waals surface area contributed by atoms with Crippen molar-refractivity contribution in [2.24, 2.45) is 0 Å². The Hall–Kier alpha value is -3.72. The molecule has 2 aromatic carbocycles. The van der Waals surface area contributed by atoms with Crippen molar-refractivity contribution in [3.05, 3.63) is 75.8 Å². The molecule has 0 amide bonds.